The zero-order valence-electron chi connectivity index (χ0n) is 32.8. The molecular weight excluding hydrogens is 598 g/mol. The van der Waals surface area contributed by atoms with E-state index in [1.807, 2.05) is 0 Å². The first-order valence-corrected chi connectivity index (χ1v) is 21.0. The van der Waals surface area contributed by atoms with Crippen molar-refractivity contribution in [3.05, 3.63) is 0 Å². The highest BCUT2D eigenvalue weighted by molar-refractivity contribution is 5.90. The third-order valence-electron chi connectivity index (χ3n) is 10.4. The third-order valence-corrected chi connectivity index (χ3v) is 10.4. The molecule has 0 aromatic carbocycles. The van der Waals surface area contributed by atoms with Crippen molar-refractivity contribution in [1.29, 1.82) is 0 Å². The van der Waals surface area contributed by atoms with E-state index < -0.39 is 29.2 Å². The number of carbonyl (C=O) groups excluding carboxylic acids is 2. The average molecular weight is 682 g/mol. The maximum Gasteiger partial charge on any atom is 0.179 e. The van der Waals surface area contributed by atoms with Crippen LogP contribution in [0.5, 0.6) is 0 Å². The van der Waals surface area contributed by atoms with Crippen LogP contribution in [0.25, 0.3) is 0 Å². The van der Waals surface area contributed by atoms with E-state index in [4.69, 9.17) is 0 Å². The predicted octanol–water partition coefficient (Wildman–Crippen LogP) is 11.7. The number of carbonyl (C=O) groups is 2. The molecule has 0 radical (unpaired) electrons. The Morgan fingerprint density at radius 1 is 0.438 bits per heavy atom. The summed E-state index contributed by atoms with van der Waals surface area (Å²) < 4.78 is 0. The Labute approximate surface area is 298 Å². The largest absolute Gasteiger partial charge is 0.378 e. The van der Waals surface area contributed by atoms with Crippen molar-refractivity contribution in [2.24, 2.45) is 0 Å². The summed E-state index contributed by atoms with van der Waals surface area (Å²) in [6.07, 6.45) is 35.9. The van der Waals surface area contributed by atoms with Crippen LogP contribution in [0.1, 0.15) is 240 Å². The molecule has 286 valence electrons. The second kappa shape index (κ2) is 31.0. The first-order valence-electron chi connectivity index (χ1n) is 21.0. The van der Waals surface area contributed by atoms with Crippen LogP contribution in [0.4, 0.5) is 0 Å². The highest BCUT2D eigenvalue weighted by Crippen LogP contribution is 2.29. The highest BCUT2D eigenvalue weighted by Gasteiger charge is 2.51. The van der Waals surface area contributed by atoms with Crippen molar-refractivity contribution in [2.75, 3.05) is 0 Å². The van der Waals surface area contributed by atoms with E-state index >= 15 is 0 Å². The summed E-state index contributed by atoms with van der Waals surface area (Å²) in [6.45, 7) is 8.49. The van der Waals surface area contributed by atoms with Gasteiger partial charge in [0.15, 0.2) is 23.0 Å². The van der Waals surface area contributed by atoms with Crippen molar-refractivity contribution in [2.45, 2.75) is 258 Å². The van der Waals surface area contributed by atoms with Gasteiger partial charge >= 0.3 is 0 Å². The molecule has 3 N–H and O–H groups in total. The summed E-state index contributed by atoms with van der Waals surface area (Å²) in [7, 11) is 0. The van der Waals surface area contributed by atoms with Gasteiger partial charge in [-0.3, -0.25) is 9.59 Å². The van der Waals surface area contributed by atoms with Gasteiger partial charge in [0.1, 0.15) is 6.23 Å². The minimum atomic E-state index is -2.14. The van der Waals surface area contributed by atoms with Crippen LogP contribution in [0, 0.1) is 0 Å². The zero-order chi connectivity index (χ0) is 35.9. The number of hydrogen-bond donors (Lipinski definition) is 3. The molecule has 0 aliphatic rings. The first-order chi connectivity index (χ1) is 23.0. The lowest BCUT2D eigenvalue weighted by molar-refractivity contribution is -0.250. The number of aliphatic hydroxyl groups is 3. The van der Waals surface area contributed by atoms with E-state index in [1.165, 1.54) is 162 Å². The van der Waals surface area contributed by atoms with Gasteiger partial charge in [0.2, 0.25) is 0 Å². The Morgan fingerprint density at radius 2 is 0.625 bits per heavy atom. The molecule has 48 heavy (non-hydrogen) atoms. The lowest BCUT2D eigenvalue weighted by Gasteiger charge is -2.45. The van der Waals surface area contributed by atoms with Crippen LogP contribution in [0.2, 0.25) is 0 Å². The van der Waals surface area contributed by atoms with E-state index in [0.717, 1.165) is 43.4 Å². The summed E-state index contributed by atoms with van der Waals surface area (Å²) in [5, 5.41) is 32.9. The summed E-state index contributed by atoms with van der Waals surface area (Å²) in [6, 6.07) is 0. The molecule has 0 amide bonds. The molecule has 0 aliphatic heterocycles. The second-order valence-corrected chi connectivity index (χ2v) is 15.3. The maximum atomic E-state index is 13.1. The molecule has 3 unspecified atom stereocenters. The monoisotopic (exact) mass is 682 g/mol. The Hall–Kier alpha value is -0.820. The van der Waals surface area contributed by atoms with Crippen LogP contribution < -0.4 is 0 Å². The summed E-state index contributed by atoms with van der Waals surface area (Å²) >= 11 is 0. The predicted molar refractivity (Wildman–Crippen MR) is 204 cm³/mol. The minimum Gasteiger partial charge on any atom is -0.378 e. The van der Waals surface area contributed by atoms with Gasteiger partial charge in [0.25, 0.3) is 0 Å². The van der Waals surface area contributed by atoms with Crippen LogP contribution >= 0.6 is 0 Å². The molecule has 0 heterocycles. The number of nitrogens with zero attached hydrogens (tertiary/aromatic N) is 1. The van der Waals surface area contributed by atoms with Gasteiger partial charge in [-0.25, -0.2) is 4.90 Å². The maximum absolute atomic E-state index is 13.1. The van der Waals surface area contributed by atoms with Gasteiger partial charge < -0.3 is 15.3 Å². The van der Waals surface area contributed by atoms with E-state index in [0.29, 0.717) is 12.8 Å². The van der Waals surface area contributed by atoms with Crippen LogP contribution in [-0.4, -0.2) is 49.5 Å². The van der Waals surface area contributed by atoms with Crippen molar-refractivity contribution in [1.82, 2.24) is 4.90 Å². The lowest BCUT2D eigenvalue weighted by atomic mass is 9.94. The SMILES string of the molecule is CCCCCCCCCCCCCCCCCC(=O)C(C)(O)N(C(C)O)C(C)(O)C(=O)CCCCCCCCCCCCCCCCC. The van der Waals surface area contributed by atoms with Gasteiger partial charge in [0, 0.05) is 12.8 Å². The van der Waals surface area contributed by atoms with Gasteiger partial charge in [0.05, 0.1) is 0 Å². The summed E-state index contributed by atoms with van der Waals surface area (Å²) in [4.78, 5) is 27.1. The fourth-order valence-corrected chi connectivity index (χ4v) is 7.21. The molecule has 0 saturated heterocycles. The van der Waals surface area contributed by atoms with E-state index in [-0.39, 0.29) is 12.8 Å². The van der Waals surface area contributed by atoms with Crippen molar-refractivity contribution < 1.29 is 24.9 Å². The quantitative estimate of drug-likeness (QED) is 0.0446. The number of Topliss-reactive ketones (excluding diaryl/α,β-unsaturated/α-hetero) is 2. The normalized spacial score (nSPS) is 15.0. The Balaban J connectivity index is 4.18. The molecule has 0 aromatic heterocycles. The Morgan fingerprint density at radius 3 is 0.812 bits per heavy atom. The molecule has 0 spiro atoms. The van der Waals surface area contributed by atoms with E-state index in [9.17, 15) is 24.9 Å². The molecule has 0 aliphatic carbocycles. The fourth-order valence-electron chi connectivity index (χ4n) is 7.21. The number of rotatable bonds is 37. The smallest absolute Gasteiger partial charge is 0.179 e. The number of hydrogen-bond acceptors (Lipinski definition) is 6. The second-order valence-electron chi connectivity index (χ2n) is 15.3. The third kappa shape index (κ3) is 23.6. The highest BCUT2D eigenvalue weighted by atomic mass is 16.4. The van der Waals surface area contributed by atoms with E-state index in [1.54, 1.807) is 0 Å². The minimum absolute atomic E-state index is 0.151. The topological polar surface area (TPSA) is 98.1 Å². The van der Waals surface area contributed by atoms with Crippen molar-refractivity contribution in [3.63, 3.8) is 0 Å². The molecule has 0 aromatic rings. The van der Waals surface area contributed by atoms with Gasteiger partial charge in [-0.1, -0.05) is 194 Å². The molecule has 6 heteroatoms. The van der Waals surface area contributed by atoms with Gasteiger partial charge in [-0.2, -0.15) is 0 Å². The van der Waals surface area contributed by atoms with Crippen LogP contribution in [0.15, 0.2) is 0 Å². The molecule has 0 fully saturated rings. The standard InChI is InChI=1S/C42H83NO5/c1-6-8-10-12-14-16-18-20-22-24-26-28-30-32-34-36-39(45)41(4,47)43(38(3)44)42(5,48)40(46)37-35-33-31-29-27-25-23-21-19-17-15-13-11-9-7-2/h38,44,47-48H,6-37H2,1-5H3. The van der Waals surface area contributed by atoms with E-state index in [2.05, 4.69) is 13.8 Å². The molecule has 0 rings (SSSR count). The molecule has 0 saturated carbocycles. The van der Waals surface area contributed by atoms with Crippen molar-refractivity contribution in [3.8, 4) is 0 Å². The summed E-state index contributed by atoms with van der Waals surface area (Å²) in [5.74, 6) is -0.948. The number of ketones is 2. The van der Waals surface area contributed by atoms with Gasteiger partial charge in [-0.15, -0.1) is 0 Å². The lowest BCUT2D eigenvalue weighted by Crippen LogP contribution is -2.67. The Kier molecular flexibility index (Phi) is 30.4. The molecular formula is C42H83NO5. The van der Waals surface area contributed by atoms with Crippen LogP contribution in [0.3, 0.4) is 0 Å². The Bertz CT molecular complexity index is 692. The first kappa shape index (κ1) is 47.2. The van der Waals surface area contributed by atoms with Crippen molar-refractivity contribution >= 4 is 11.6 Å². The van der Waals surface area contributed by atoms with Gasteiger partial charge in [-0.05, 0) is 33.6 Å². The number of unbranched alkanes of at least 4 members (excludes halogenated alkanes) is 28. The zero-order valence-corrected chi connectivity index (χ0v) is 32.8. The summed E-state index contributed by atoms with van der Waals surface area (Å²) in [5.41, 5.74) is -4.28. The number of aliphatic hydroxyl groups excluding tert-OH is 1. The molecule has 0 bridgehead atoms. The van der Waals surface area contributed by atoms with Crippen LogP contribution in [-0.2, 0) is 9.59 Å². The fraction of sp³-hybridized carbons (Fsp3) is 0.952. The molecule has 3 atom stereocenters. The average Bonchev–Trinajstić information content (AvgIpc) is 3.03. The molecule has 6 nitrogen and oxygen atoms in total.